The molecule has 1 aromatic carbocycles. The lowest BCUT2D eigenvalue weighted by Crippen LogP contribution is -2.19. The molecule has 0 spiro atoms. The highest BCUT2D eigenvalue weighted by Crippen LogP contribution is 2.35. The summed E-state index contributed by atoms with van der Waals surface area (Å²) >= 11 is 1.76. The largest absolute Gasteiger partial charge is 0.456 e. The first-order valence-electron chi connectivity index (χ1n) is 8.32. The summed E-state index contributed by atoms with van der Waals surface area (Å²) in [5.74, 6) is 0.800. The Labute approximate surface area is 154 Å². The Morgan fingerprint density at radius 2 is 1.64 bits per heavy atom. The van der Waals surface area contributed by atoms with Gasteiger partial charge in [0.15, 0.2) is 0 Å². The minimum Gasteiger partial charge on any atom is -0.456 e. The molecule has 2 heterocycles. The van der Waals surface area contributed by atoms with Gasteiger partial charge in [0.25, 0.3) is 0 Å². The van der Waals surface area contributed by atoms with E-state index in [-0.39, 0.29) is 0 Å². The standard InChI is InChI=1S/C21H20B2OS/c1-13-8-6-7-9-14(2)24-18(12-13)20-15(3)19-16(22-4)10-11-17(23-5)21(19)25-20/h6-12H,1-2H2,3-5H3. The lowest BCUT2D eigenvalue weighted by atomic mass is 9.67. The van der Waals surface area contributed by atoms with E-state index in [0.717, 1.165) is 15.9 Å². The number of fused-ring (bicyclic) bond motifs is 1. The van der Waals surface area contributed by atoms with Gasteiger partial charge in [-0.1, -0.05) is 68.1 Å². The first kappa shape index (κ1) is 17.6. The molecule has 0 saturated heterocycles. The maximum absolute atomic E-state index is 6.05. The molecule has 0 unspecified atom stereocenters. The van der Waals surface area contributed by atoms with Crippen LogP contribution in [-0.2, 0) is 0 Å². The van der Waals surface area contributed by atoms with Crippen molar-refractivity contribution in [2.75, 3.05) is 0 Å². The van der Waals surface area contributed by atoms with E-state index < -0.39 is 0 Å². The van der Waals surface area contributed by atoms with Crippen LogP contribution in [0.5, 0.6) is 0 Å². The maximum Gasteiger partial charge on any atom is 0.150 e. The topological polar surface area (TPSA) is 13.1 Å². The van der Waals surface area contributed by atoms with E-state index in [1.165, 1.54) is 26.6 Å². The molecule has 0 N–H and O–H groups in total. The summed E-state index contributed by atoms with van der Waals surface area (Å²) in [4.78, 5) is 1.12. The van der Waals surface area contributed by atoms with Crippen molar-refractivity contribution in [3.63, 3.8) is 0 Å². The van der Waals surface area contributed by atoms with E-state index in [1.54, 1.807) is 11.3 Å². The fraction of sp³-hybridized carbons (Fsp3) is 0.143. The molecular weight excluding hydrogens is 322 g/mol. The van der Waals surface area contributed by atoms with Crippen molar-refractivity contribution in [2.45, 2.75) is 20.6 Å². The van der Waals surface area contributed by atoms with Crippen molar-refractivity contribution in [3.05, 3.63) is 58.7 Å². The van der Waals surface area contributed by atoms with E-state index in [4.69, 9.17) is 4.42 Å². The van der Waals surface area contributed by atoms with Gasteiger partial charge in [-0.3, -0.25) is 0 Å². The van der Waals surface area contributed by atoms with Gasteiger partial charge in [-0.05, 0) is 35.2 Å². The van der Waals surface area contributed by atoms with Gasteiger partial charge < -0.3 is 4.42 Å². The molecule has 1 nitrogen and oxygen atoms in total. The third-order valence-electron chi connectivity index (χ3n) is 4.25. The van der Waals surface area contributed by atoms with E-state index in [1.807, 2.05) is 30.3 Å². The van der Waals surface area contributed by atoms with Crippen LogP contribution in [0.2, 0.25) is 13.6 Å². The molecule has 122 valence electrons. The number of hydrogen-bond donors (Lipinski definition) is 0. The first-order chi connectivity index (χ1) is 12.0. The highest BCUT2D eigenvalue weighted by molar-refractivity contribution is 7.24. The van der Waals surface area contributed by atoms with Crippen LogP contribution in [0.4, 0.5) is 0 Å². The summed E-state index contributed by atoms with van der Waals surface area (Å²) in [5.41, 5.74) is 4.35. The van der Waals surface area contributed by atoms with Crippen molar-refractivity contribution in [2.24, 2.45) is 0 Å². The van der Waals surface area contributed by atoms with Crippen LogP contribution in [0, 0.1) is 6.92 Å². The van der Waals surface area contributed by atoms with E-state index >= 15 is 0 Å². The van der Waals surface area contributed by atoms with Crippen molar-refractivity contribution < 1.29 is 4.42 Å². The zero-order valence-electron chi connectivity index (χ0n) is 14.9. The normalized spacial score (nSPS) is 10.5. The number of hydrogen-bond acceptors (Lipinski definition) is 2. The molecule has 0 aliphatic heterocycles. The molecule has 3 rings (SSSR count). The second-order valence-corrected chi connectivity index (χ2v) is 6.97. The highest BCUT2D eigenvalue weighted by atomic mass is 32.1. The Balaban J connectivity index is 2.42. The summed E-state index contributed by atoms with van der Waals surface area (Å²) in [6.45, 7) is 14.4. The predicted octanol–water partition coefficient (Wildman–Crippen LogP) is 3.17. The van der Waals surface area contributed by atoms with E-state index in [0.29, 0.717) is 5.42 Å². The molecule has 0 bridgehead atoms. The monoisotopic (exact) mass is 342 g/mol. The summed E-state index contributed by atoms with van der Waals surface area (Å²) in [6.07, 6.45) is 0. The Morgan fingerprint density at radius 1 is 0.960 bits per heavy atom. The Bertz CT molecular complexity index is 1040. The summed E-state index contributed by atoms with van der Waals surface area (Å²) in [7, 11) is 4.32. The number of rotatable bonds is 3. The molecule has 25 heavy (non-hydrogen) atoms. The average molecular weight is 342 g/mol. The van der Waals surface area contributed by atoms with Crippen molar-refractivity contribution in [1.29, 1.82) is 0 Å². The van der Waals surface area contributed by atoms with Gasteiger partial charge in [-0.15, -0.1) is 11.3 Å². The summed E-state index contributed by atoms with van der Waals surface area (Å²) in [6, 6.07) is 14.0. The third-order valence-corrected chi connectivity index (χ3v) is 5.60. The van der Waals surface area contributed by atoms with Crippen LogP contribution in [0.3, 0.4) is 0 Å². The number of thiophene rings is 1. The Hall–Kier alpha value is -2.19. The molecule has 0 fully saturated rings. The SMILES string of the molecule is C=c1ccccc(=C)oc(-c2sc3c([B]C)ccc([B]C)c3c2C)c1. The van der Waals surface area contributed by atoms with Gasteiger partial charge in [0.2, 0.25) is 0 Å². The van der Waals surface area contributed by atoms with Crippen LogP contribution >= 0.6 is 11.3 Å². The fourth-order valence-corrected chi connectivity index (χ4v) is 4.32. The third kappa shape index (κ3) is 3.45. The van der Waals surface area contributed by atoms with Crippen LogP contribution < -0.4 is 21.6 Å². The second kappa shape index (κ2) is 7.37. The van der Waals surface area contributed by atoms with Gasteiger partial charge in [0, 0.05) is 4.70 Å². The van der Waals surface area contributed by atoms with Crippen molar-refractivity contribution in [3.8, 4) is 10.6 Å². The number of benzene rings is 1. The van der Waals surface area contributed by atoms with Crippen molar-refractivity contribution >= 4 is 60.1 Å². The molecule has 0 atom stereocenters. The molecule has 0 aliphatic rings. The fourth-order valence-electron chi connectivity index (χ4n) is 2.98. The van der Waals surface area contributed by atoms with Crippen LogP contribution in [0.15, 0.2) is 46.9 Å². The molecule has 2 radical (unpaired) electrons. The minimum atomic E-state index is 0.618. The second-order valence-electron chi connectivity index (χ2n) is 5.95. The van der Waals surface area contributed by atoms with E-state index in [2.05, 4.69) is 60.4 Å². The van der Waals surface area contributed by atoms with Crippen LogP contribution in [0.1, 0.15) is 5.56 Å². The zero-order chi connectivity index (χ0) is 18.0. The molecule has 2 aromatic heterocycles. The zero-order valence-corrected chi connectivity index (χ0v) is 15.7. The van der Waals surface area contributed by atoms with E-state index in [9.17, 15) is 0 Å². The van der Waals surface area contributed by atoms with Gasteiger partial charge in [-0.2, -0.15) is 0 Å². The minimum absolute atomic E-state index is 0.618. The van der Waals surface area contributed by atoms with Gasteiger partial charge in [0.05, 0.1) is 4.88 Å². The molecule has 0 aliphatic carbocycles. The Morgan fingerprint density at radius 3 is 2.36 bits per heavy atom. The van der Waals surface area contributed by atoms with Gasteiger partial charge in [0.1, 0.15) is 25.7 Å². The van der Waals surface area contributed by atoms with Crippen molar-refractivity contribution in [1.82, 2.24) is 0 Å². The van der Waals surface area contributed by atoms with Crippen LogP contribution in [-0.4, -0.2) is 14.6 Å². The average Bonchev–Trinajstić information content (AvgIpc) is 2.97. The highest BCUT2D eigenvalue weighted by Gasteiger charge is 2.16. The predicted molar refractivity (Wildman–Crippen MR) is 115 cm³/mol. The van der Waals surface area contributed by atoms with Gasteiger partial charge >= 0.3 is 0 Å². The molecule has 0 saturated carbocycles. The molecule has 4 heteroatoms. The first-order valence-corrected chi connectivity index (χ1v) is 9.14. The molecule has 0 amide bonds. The summed E-state index contributed by atoms with van der Waals surface area (Å²) in [5, 5.41) is 2.19. The number of aryl methyl sites for hydroxylation is 1. The van der Waals surface area contributed by atoms with Gasteiger partial charge in [-0.25, -0.2) is 0 Å². The van der Waals surface area contributed by atoms with Crippen LogP contribution in [0.25, 0.3) is 33.9 Å². The lowest BCUT2D eigenvalue weighted by molar-refractivity contribution is 0.537. The summed E-state index contributed by atoms with van der Waals surface area (Å²) < 4.78 is 7.34. The Kier molecular flexibility index (Phi) is 5.19. The molecular formula is C21H20B2OS. The maximum atomic E-state index is 6.05. The smallest absolute Gasteiger partial charge is 0.150 e. The molecule has 3 aromatic rings. The quantitative estimate of drug-likeness (QED) is 0.667. The lowest BCUT2D eigenvalue weighted by Gasteiger charge is -2.05.